The van der Waals surface area contributed by atoms with Gasteiger partial charge in [-0.25, -0.2) is 4.79 Å². The highest BCUT2D eigenvalue weighted by atomic mass is 32.2. The van der Waals surface area contributed by atoms with Gasteiger partial charge in [0.15, 0.2) is 0 Å². The number of esters is 1. The molecule has 0 saturated carbocycles. The fourth-order valence-electron chi connectivity index (χ4n) is 3.62. The molecule has 3 aromatic carbocycles. The van der Waals surface area contributed by atoms with Crippen molar-refractivity contribution in [3.63, 3.8) is 0 Å². The predicted octanol–water partition coefficient (Wildman–Crippen LogP) is 4.89. The van der Waals surface area contributed by atoms with Crippen LogP contribution in [0.15, 0.2) is 66.7 Å². The van der Waals surface area contributed by atoms with Gasteiger partial charge in [-0.1, -0.05) is 48.2 Å². The van der Waals surface area contributed by atoms with Crippen LogP contribution >= 0.6 is 24.0 Å². The van der Waals surface area contributed by atoms with E-state index in [9.17, 15) is 9.59 Å². The lowest BCUT2D eigenvalue weighted by atomic mass is 10.1. The van der Waals surface area contributed by atoms with Gasteiger partial charge in [-0.3, -0.25) is 4.79 Å². The van der Waals surface area contributed by atoms with Gasteiger partial charge >= 0.3 is 5.97 Å². The van der Waals surface area contributed by atoms with E-state index in [1.165, 1.54) is 7.11 Å². The molecule has 4 rings (SSSR count). The van der Waals surface area contributed by atoms with Gasteiger partial charge in [-0.05, 0) is 60.0 Å². The number of benzene rings is 3. The summed E-state index contributed by atoms with van der Waals surface area (Å²) >= 11 is 7.24. The minimum Gasteiger partial charge on any atom is -0.465 e. The first-order valence-corrected chi connectivity index (χ1v) is 11.8. The topological polar surface area (TPSA) is 84.7 Å². The van der Waals surface area contributed by atoms with Crippen molar-refractivity contribution in [3.05, 3.63) is 89.0 Å². The van der Waals surface area contributed by atoms with E-state index < -0.39 is 0 Å². The van der Waals surface area contributed by atoms with Crippen molar-refractivity contribution in [3.8, 4) is 0 Å². The van der Waals surface area contributed by atoms with E-state index in [4.69, 9.17) is 22.7 Å². The number of carbonyl (C=O) groups excluding carboxylic acids is 2. The van der Waals surface area contributed by atoms with Crippen molar-refractivity contribution in [2.75, 3.05) is 29.6 Å². The second-order valence-electron chi connectivity index (χ2n) is 7.53. The van der Waals surface area contributed by atoms with Crippen LogP contribution in [0.1, 0.15) is 31.8 Å². The van der Waals surface area contributed by atoms with E-state index in [1.54, 1.807) is 42.1 Å². The average molecular weight is 478 g/mol. The summed E-state index contributed by atoms with van der Waals surface area (Å²) in [6, 6.07) is 20.2. The number of thiocarbonyl (C=S) groups is 1. The van der Waals surface area contributed by atoms with E-state index in [-0.39, 0.29) is 11.9 Å². The molecular formula is C25H23N3O3S2. The third-order valence-corrected chi connectivity index (χ3v) is 6.92. The second-order valence-corrected chi connectivity index (χ2v) is 9.14. The Morgan fingerprint density at radius 3 is 2.55 bits per heavy atom. The van der Waals surface area contributed by atoms with E-state index >= 15 is 0 Å². The summed E-state index contributed by atoms with van der Waals surface area (Å²) in [6.07, 6.45) is 0.830. The molecule has 0 saturated heterocycles. The Labute approximate surface area is 202 Å². The highest BCUT2D eigenvalue weighted by Crippen LogP contribution is 2.32. The zero-order valence-corrected chi connectivity index (χ0v) is 19.7. The van der Waals surface area contributed by atoms with Gasteiger partial charge in [0.25, 0.3) is 5.91 Å². The number of thioether (sulfide) groups is 1. The van der Waals surface area contributed by atoms with Gasteiger partial charge < -0.3 is 20.7 Å². The van der Waals surface area contributed by atoms with Crippen LogP contribution < -0.4 is 16.0 Å². The predicted molar refractivity (Wildman–Crippen MR) is 138 cm³/mol. The molecule has 8 heteroatoms. The minimum absolute atomic E-state index is 0.206. The Morgan fingerprint density at radius 2 is 1.82 bits per heavy atom. The molecule has 0 bridgehead atoms. The number of hydrogen-bond donors (Lipinski definition) is 2. The smallest absolute Gasteiger partial charge is 0.337 e. The SMILES string of the molecule is COC(=O)c1ccc2c(c1)CCN2C(=S)SCc1ccc(C(=O)Nc2ccccc2N)cc1. The van der Waals surface area contributed by atoms with Crippen molar-refractivity contribution in [1.29, 1.82) is 0 Å². The molecule has 0 fully saturated rings. The lowest BCUT2D eigenvalue weighted by molar-refractivity contribution is 0.0600. The third-order valence-electron chi connectivity index (χ3n) is 5.40. The molecule has 1 aliphatic heterocycles. The van der Waals surface area contributed by atoms with Gasteiger partial charge in [0.05, 0.1) is 24.0 Å². The Kier molecular flexibility index (Phi) is 6.96. The van der Waals surface area contributed by atoms with Crippen LogP contribution in [0.2, 0.25) is 0 Å². The van der Waals surface area contributed by atoms with Crippen molar-refractivity contribution in [2.24, 2.45) is 0 Å². The van der Waals surface area contributed by atoms with Crippen LogP contribution in [0.4, 0.5) is 17.1 Å². The fraction of sp³-hybridized carbons (Fsp3) is 0.160. The number of methoxy groups -OCH3 is 1. The number of hydrogen-bond acceptors (Lipinski definition) is 6. The van der Waals surface area contributed by atoms with Gasteiger partial charge in [0, 0.05) is 23.5 Å². The summed E-state index contributed by atoms with van der Waals surface area (Å²) in [6.45, 7) is 0.785. The summed E-state index contributed by atoms with van der Waals surface area (Å²) in [5.41, 5.74) is 11.3. The van der Waals surface area contributed by atoms with Crippen molar-refractivity contribution >= 4 is 57.2 Å². The Hall–Kier alpha value is -3.36. The summed E-state index contributed by atoms with van der Waals surface area (Å²) < 4.78 is 5.58. The number of para-hydroxylation sites is 2. The summed E-state index contributed by atoms with van der Waals surface area (Å²) in [5, 5.41) is 2.83. The number of carbonyl (C=O) groups is 2. The monoisotopic (exact) mass is 477 g/mol. The Balaban J connectivity index is 1.35. The normalized spacial score (nSPS) is 12.2. The lowest BCUT2D eigenvalue weighted by Crippen LogP contribution is -2.24. The molecule has 0 aliphatic carbocycles. The number of anilines is 3. The van der Waals surface area contributed by atoms with Gasteiger partial charge in [-0.2, -0.15) is 0 Å². The highest BCUT2D eigenvalue weighted by molar-refractivity contribution is 8.22. The molecule has 3 aromatic rings. The minimum atomic E-state index is -0.336. The number of nitrogens with zero attached hydrogens (tertiary/aromatic N) is 1. The molecule has 0 atom stereocenters. The van der Waals surface area contributed by atoms with Gasteiger partial charge in [0.2, 0.25) is 0 Å². The zero-order chi connectivity index (χ0) is 23.4. The molecule has 0 spiro atoms. The molecule has 3 N–H and O–H groups in total. The van der Waals surface area contributed by atoms with Crippen LogP contribution in [-0.4, -0.2) is 29.9 Å². The average Bonchev–Trinajstić information content (AvgIpc) is 3.27. The maximum Gasteiger partial charge on any atom is 0.337 e. The van der Waals surface area contributed by atoms with Gasteiger partial charge in [0.1, 0.15) is 4.32 Å². The Morgan fingerprint density at radius 1 is 1.09 bits per heavy atom. The summed E-state index contributed by atoms with van der Waals surface area (Å²) in [4.78, 5) is 26.4. The number of nitrogens with two attached hydrogens (primary N) is 1. The lowest BCUT2D eigenvalue weighted by Gasteiger charge is -2.20. The summed E-state index contributed by atoms with van der Waals surface area (Å²) in [7, 11) is 1.38. The third kappa shape index (κ3) is 5.18. The molecular weight excluding hydrogens is 454 g/mol. The van der Waals surface area contributed by atoms with Crippen LogP contribution in [0.25, 0.3) is 0 Å². The van der Waals surface area contributed by atoms with E-state index in [2.05, 4.69) is 10.2 Å². The Bertz CT molecular complexity index is 1210. The van der Waals surface area contributed by atoms with Crippen LogP contribution in [0.5, 0.6) is 0 Å². The number of fused-ring (bicyclic) bond motifs is 1. The largest absolute Gasteiger partial charge is 0.465 e. The first kappa shape index (κ1) is 22.8. The number of ether oxygens (including phenoxy) is 1. The maximum atomic E-state index is 12.5. The molecule has 6 nitrogen and oxygen atoms in total. The fourth-order valence-corrected chi connectivity index (χ4v) is 4.81. The standard InChI is InChI=1S/C25H23N3O3S2/c1-31-24(30)19-10-11-22-18(14-19)12-13-28(22)25(32)33-15-16-6-8-17(9-7-16)23(29)27-21-5-3-2-4-20(21)26/h2-11,14H,12-13,15,26H2,1H3,(H,27,29). The second kappa shape index (κ2) is 10.1. The van der Waals surface area contributed by atoms with E-state index in [1.807, 2.05) is 36.4 Å². The molecule has 1 heterocycles. The molecule has 1 amide bonds. The van der Waals surface area contributed by atoms with Crippen LogP contribution in [-0.2, 0) is 16.9 Å². The number of nitrogens with one attached hydrogen (secondary N) is 1. The molecule has 0 unspecified atom stereocenters. The van der Waals surface area contributed by atoms with E-state index in [0.717, 1.165) is 34.1 Å². The number of amides is 1. The van der Waals surface area contributed by atoms with Crippen LogP contribution in [0.3, 0.4) is 0 Å². The van der Waals surface area contributed by atoms with Crippen molar-refractivity contribution in [1.82, 2.24) is 0 Å². The highest BCUT2D eigenvalue weighted by Gasteiger charge is 2.24. The van der Waals surface area contributed by atoms with Gasteiger partial charge in [-0.15, -0.1) is 0 Å². The number of nitrogen functional groups attached to an aromatic ring is 1. The van der Waals surface area contributed by atoms with Crippen LogP contribution in [0, 0.1) is 0 Å². The van der Waals surface area contributed by atoms with Crippen molar-refractivity contribution < 1.29 is 14.3 Å². The first-order valence-electron chi connectivity index (χ1n) is 10.4. The maximum absolute atomic E-state index is 12.5. The van der Waals surface area contributed by atoms with E-state index in [0.29, 0.717) is 28.3 Å². The first-order chi connectivity index (χ1) is 16.0. The molecule has 33 heavy (non-hydrogen) atoms. The number of rotatable bonds is 5. The van der Waals surface area contributed by atoms with Crippen molar-refractivity contribution in [2.45, 2.75) is 12.2 Å². The molecule has 0 aromatic heterocycles. The zero-order valence-electron chi connectivity index (χ0n) is 18.0. The molecule has 1 aliphatic rings. The molecule has 0 radical (unpaired) electrons. The summed E-state index contributed by atoms with van der Waals surface area (Å²) in [5.74, 6) is 0.151. The molecule has 168 valence electrons. The quantitative estimate of drug-likeness (QED) is 0.307.